The summed E-state index contributed by atoms with van der Waals surface area (Å²) in [6.07, 6.45) is 8.15. The zero-order chi connectivity index (χ0) is 38.3. The van der Waals surface area contributed by atoms with Gasteiger partial charge in [0.25, 0.3) is 0 Å². The van der Waals surface area contributed by atoms with Crippen LogP contribution in [0.25, 0.3) is 22.0 Å². The molecule has 1 saturated carbocycles. The molecule has 2 fully saturated rings. The number of benzene rings is 1. The van der Waals surface area contributed by atoms with Crippen molar-refractivity contribution in [1.82, 2.24) is 39.8 Å². The first-order chi connectivity index (χ1) is 25.8. The van der Waals surface area contributed by atoms with Crippen LogP contribution in [0, 0.1) is 12.3 Å². The first-order valence-corrected chi connectivity index (χ1v) is 18.5. The third kappa shape index (κ3) is 7.40. The maximum absolute atomic E-state index is 14.5. The van der Waals surface area contributed by atoms with Gasteiger partial charge in [-0.3, -0.25) is 28.7 Å². The zero-order valence-electron chi connectivity index (χ0n) is 30.3. The molecule has 2 bridgehead atoms. The highest BCUT2D eigenvalue weighted by molar-refractivity contribution is 9.10. The fourth-order valence-electron chi connectivity index (χ4n) is 7.64. The molecule has 3 aliphatic rings. The van der Waals surface area contributed by atoms with Gasteiger partial charge in [-0.15, -0.1) is 0 Å². The van der Waals surface area contributed by atoms with Crippen LogP contribution in [0.1, 0.15) is 55.0 Å². The van der Waals surface area contributed by atoms with Gasteiger partial charge in [-0.25, -0.2) is 15.0 Å². The number of carbonyl (C=O) groups excluding carboxylic acids is 5. The number of ketones is 1. The molecule has 7 rings (SSSR count). The number of Topliss-reactive ketones (excluding diaryl/α,β-unsaturated/α-hetero) is 1. The van der Waals surface area contributed by atoms with Gasteiger partial charge in [0.2, 0.25) is 23.6 Å². The number of halogens is 1. The Hall–Kier alpha value is -5.35. The lowest BCUT2D eigenvalue weighted by atomic mass is 9.97. The lowest BCUT2D eigenvalue weighted by Gasteiger charge is -2.28. The lowest BCUT2D eigenvalue weighted by molar-refractivity contribution is -0.138. The second-order valence-electron chi connectivity index (χ2n) is 14.2. The predicted molar refractivity (Wildman–Crippen MR) is 201 cm³/mol. The number of hydrogen-bond acceptors (Lipinski definition) is 10. The quantitative estimate of drug-likeness (QED) is 0.172. The van der Waals surface area contributed by atoms with Crippen LogP contribution in [0.4, 0.5) is 5.82 Å². The number of aryl methyl sites for hydroxylation is 1. The summed E-state index contributed by atoms with van der Waals surface area (Å²) in [5.41, 5.74) is 2.46. The van der Waals surface area contributed by atoms with E-state index in [0.29, 0.717) is 45.6 Å². The van der Waals surface area contributed by atoms with Crippen molar-refractivity contribution in [2.24, 2.45) is 5.41 Å². The van der Waals surface area contributed by atoms with Gasteiger partial charge in [0, 0.05) is 67.8 Å². The number of nitrogens with one attached hydrogen (secondary N) is 2. The van der Waals surface area contributed by atoms with Crippen LogP contribution in [0.2, 0.25) is 0 Å². The van der Waals surface area contributed by atoms with E-state index >= 15 is 0 Å². The molecule has 3 aromatic heterocycles. The van der Waals surface area contributed by atoms with Crippen LogP contribution in [-0.2, 0) is 37.1 Å². The first-order valence-electron chi connectivity index (χ1n) is 17.7. The molecule has 4 amide bonds. The number of rotatable bonds is 5. The van der Waals surface area contributed by atoms with Gasteiger partial charge >= 0.3 is 0 Å². The van der Waals surface area contributed by atoms with E-state index in [9.17, 15) is 24.0 Å². The van der Waals surface area contributed by atoms with Gasteiger partial charge in [-0.2, -0.15) is 5.10 Å². The molecule has 4 aromatic rings. The molecule has 15 nitrogen and oxygen atoms in total. The number of aromatic nitrogens is 5. The van der Waals surface area contributed by atoms with Crippen molar-refractivity contribution in [3.05, 3.63) is 76.6 Å². The van der Waals surface area contributed by atoms with Crippen LogP contribution in [0.5, 0.6) is 0 Å². The summed E-state index contributed by atoms with van der Waals surface area (Å²) in [4.78, 5) is 83.5. The molecule has 1 aliphatic carbocycles. The van der Waals surface area contributed by atoms with E-state index in [1.807, 2.05) is 18.2 Å². The molecular formula is C38H40BrN9O6. The molecule has 5 heterocycles. The molecule has 16 heteroatoms. The molecule has 2 N–H and O–H groups in total. The number of amides is 4. The molecule has 4 atom stereocenters. The van der Waals surface area contributed by atoms with E-state index in [4.69, 9.17) is 4.74 Å². The summed E-state index contributed by atoms with van der Waals surface area (Å²) in [7, 11) is 1.68. The number of hydrogen-bond donors (Lipinski definition) is 2. The Kier molecular flexibility index (Phi) is 10.2. The minimum Gasteiger partial charge on any atom is -0.373 e. The fraction of sp³-hybridized carbons (Fsp3) is 0.395. The van der Waals surface area contributed by atoms with Crippen molar-refractivity contribution < 1.29 is 28.7 Å². The van der Waals surface area contributed by atoms with Crippen molar-refractivity contribution in [3.63, 3.8) is 0 Å². The van der Waals surface area contributed by atoms with Crippen LogP contribution in [-0.4, -0.2) is 102 Å². The summed E-state index contributed by atoms with van der Waals surface area (Å²) in [5, 5.41) is 10.9. The second kappa shape index (κ2) is 14.8. The molecule has 2 aliphatic heterocycles. The van der Waals surface area contributed by atoms with Crippen molar-refractivity contribution in [1.29, 1.82) is 0 Å². The Bertz CT molecular complexity index is 2200. The molecule has 280 valence electrons. The fourth-order valence-corrected chi connectivity index (χ4v) is 7.95. The number of fused-ring (bicyclic) bond motifs is 3. The van der Waals surface area contributed by atoms with E-state index in [1.165, 1.54) is 18.5 Å². The third-order valence-electron chi connectivity index (χ3n) is 10.3. The highest BCUT2D eigenvalue weighted by Gasteiger charge is 2.67. The average Bonchev–Trinajstić information content (AvgIpc) is 3.53. The Morgan fingerprint density at radius 3 is 2.57 bits per heavy atom. The highest BCUT2D eigenvalue weighted by Crippen LogP contribution is 2.60. The van der Waals surface area contributed by atoms with Gasteiger partial charge in [0.05, 0.1) is 18.7 Å². The normalized spacial score (nSPS) is 23.0. The summed E-state index contributed by atoms with van der Waals surface area (Å²) < 4.78 is 7.87. The highest BCUT2D eigenvalue weighted by atomic mass is 79.9. The van der Waals surface area contributed by atoms with E-state index in [-0.39, 0.29) is 68.0 Å². The SMILES string of the molecule is CC(=O)N[C@H]1CC=CCOCc2ccc(Br)nc2NC(=O)[C@@H]2C[C@]3(C[C@H]3N2C(=O)Cn2nc(C(C)=O)c3cc(-c4cnc(C)nc4)ccc32)CN(C)C1=O. The molecular weight excluding hydrogens is 758 g/mol. The van der Waals surface area contributed by atoms with Crippen LogP contribution in [0.3, 0.4) is 0 Å². The van der Waals surface area contributed by atoms with Crippen molar-refractivity contribution >= 4 is 62.1 Å². The standard InChI is InChI=1S/C38H40BrN9O6/c1-21(49)34-27-13-24(26-16-40-22(2)41-17-26)8-10-29(27)47(45-34)18-33(51)48-30-14-38(15-31(38)48)20-46(4)37(53)28(42-23(3)50)7-5-6-12-54-19-25-9-11-32(39)43-35(25)44-36(30)52/h5-6,8-11,13,16-17,28,30-31H,7,12,14-15,18-20H2,1-4H3,(H,42,50)(H,43,44,52)/t28-,30-,31+,38-/m0/s1. The topological polar surface area (TPSA) is 182 Å². The molecule has 1 saturated heterocycles. The Balaban J connectivity index is 1.22. The molecule has 0 unspecified atom stereocenters. The average molecular weight is 799 g/mol. The Labute approximate surface area is 319 Å². The van der Waals surface area contributed by atoms with E-state index in [0.717, 1.165) is 11.1 Å². The lowest BCUT2D eigenvalue weighted by Crippen LogP contribution is -2.48. The number of likely N-dealkylation sites (tertiary alicyclic amines) is 1. The molecule has 1 spiro atoms. The van der Waals surface area contributed by atoms with Crippen LogP contribution in [0.15, 0.2) is 59.5 Å². The number of piperidine rings is 1. The number of anilines is 1. The van der Waals surface area contributed by atoms with Gasteiger partial charge in [-0.05, 0) is 65.9 Å². The van der Waals surface area contributed by atoms with Crippen LogP contribution >= 0.6 is 15.9 Å². The smallest absolute Gasteiger partial charge is 0.248 e. The number of carbonyl (C=O) groups is 5. The maximum atomic E-state index is 14.5. The van der Waals surface area contributed by atoms with Gasteiger partial charge in [-0.1, -0.05) is 24.3 Å². The van der Waals surface area contributed by atoms with Crippen LogP contribution < -0.4 is 10.6 Å². The first kappa shape index (κ1) is 37.0. The molecule has 0 radical (unpaired) electrons. The monoisotopic (exact) mass is 797 g/mol. The van der Waals surface area contributed by atoms with Crippen molar-refractivity contribution in [2.75, 3.05) is 25.5 Å². The third-order valence-corrected chi connectivity index (χ3v) is 10.7. The minimum atomic E-state index is -0.889. The van der Waals surface area contributed by atoms with Gasteiger partial charge in [0.1, 0.15) is 40.6 Å². The summed E-state index contributed by atoms with van der Waals surface area (Å²) in [5.74, 6) is -0.697. The maximum Gasteiger partial charge on any atom is 0.248 e. The second-order valence-corrected chi connectivity index (χ2v) is 15.0. The largest absolute Gasteiger partial charge is 0.373 e. The van der Waals surface area contributed by atoms with Gasteiger partial charge in [0.15, 0.2) is 5.78 Å². The Morgan fingerprint density at radius 2 is 1.83 bits per heavy atom. The van der Waals surface area contributed by atoms with E-state index < -0.39 is 23.4 Å². The number of likely N-dealkylation sites (N-methyl/N-ethyl adjacent to an activating group) is 1. The summed E-state index contributed by atoms with van der Waals surface area (Å²) >= 11 is 3.40. The Morgan fingerprint density at radius 1 is 1.06 bits per heavy atom. The molecule has 1 aromatic carbocycles. The molecule has 54 heavy (non-hydrogen) atoms. The summed E-state index contributed by atoms with van der Waals surface area (Å²) in [6, 6.07) is 7.05. The number of pyridine rings is 1. The minimum absolute atomic E-state index is 0.139. The summed E-state index contributed by atoms with van der Waals surface area (Å²) in [6.45, 7) is 5.01. The predicted octanol–water partition coefficient (Wildman–Crippen LogP) is 3.60. The van der Waals surface area contributed by atoms with E-state index in [2.05, 4.69) is 46.6 Å². The van der Waals surface area contributed by atoms with Gasteiger partial charge < -0.3 is 25.2 Å². The number of ether oxygens (including phenoxy) is 1. The zero-order valence-corrected chi connectivity index (χ0v) is 31.9. The van der Waals surface area contributed by atoms with Crippen molar-refractivity contribution in [2.45, 2.75) is 71.3 Å². The van der Waals surface area contributed by atoms with E-state index in [1.54, 1.807) is 60.4 Å². The number of nitrogens with zero attached hydrogens (tertiary/aromatic N) is 7. The van der Waals surface area contributed by atoms with Crippen molar-refractivity contribution in [3.8, 4) is 11.1 Å².